The summed E-state index contributed by atoms with van der Waals surface area (Å²) in [7, 11) is 0. The van der Waals surface area contributed by atoms with Gasteiger partial charge in [-0.05, 0) is 80.6 Å². The maximum atomic E-state index is 12.5. The second kappa shape index (κ2) is 11.0. The molecule has 2 aromatic rings. The number of hydrogen-bond acceptors (Lipinski definition) is 4. The van der Waals surface area contributed by atoms with E-state index in [0.717, 1.165) is 5.56 Å². The molecule has 0 atom stereocenters. The number of amides is 2. The van der Waals surface area contributed by atoms with Gasteiger partial charge in [0.2, 0.25) is 0 Å². The summed E-state index contributed by atoms with van der Waals surface area (Å²) in [6, 6.07) is 11.9. The van der Waals surface area contributed by atoms with Crippen molar-refractivity contribution in [3.05, 3.63) is 64.2 Å². The maximum absolute atomic E-state index is 12.5. The van der Waals surface area contributed by atoms with Crippen LogP contribution in [0.4, 0.5) is 0 Å². The van der Waals surface area contributed by atoms with Crippen LogP contribution in [0.2, 0.25) is 5.02 Å². The molecule has 8 heteroatoms. The molecule has 32 heavy (non-hydrogen) atoms. The molecular weight excluding hydrogens is 432 g/mol. The van der Waals surface area contributed by atoms with Gasteiger partial charge in [0.05, 0.1) is 12.0 Å². The molecule has 1 saturated carbocycles. The van der Waals surface area contributed by atoms with Gasteiger partial charge in [-0.15, -0.1) is 0 Å². The van der Waals surface area contributed by atoms with Crippen LogP contribution in [0.5, 0.6) is 5.75 Å². The Morgan fingerprint density at radius 2 is 1.59 bits per heavy atom. The molecule has 0 aliphatic heterocycles. The van der Waals surface area contributed by atoms with Crippen molar-refractivity contribution in [1.29, 1.82) is 0 Å². The van der Waals surface area contributed by atoms with Crippen LogP contribution in [-0.4, -0.2) is 42.1 Å². The molecule has 0 unspecified atom stereocenters. The van der Waals surface area contributed by atoms with Gasteiger partial charge in [-0.2, -0.15) is 0 Å². The third-order valence-corrected chi connectivity index (χ3v) is 5.82. The van der Waals surface area contributed by atoms with Crippen molar-refractivity contribution in [3.8, 4) is 5.75 Å². The van der Waals surface area contributed by atoms with Gasteiger partial charge in [-0.3, -0.25) is 14.4 Å². The lowest BCUT2D eigenvalue weighted by molar-refractivity contribution is -0.143. The summed E-state index contributed by atoms with van der Waals surface area (Å²) in [5.74, 6) is -0.798. The summed E-state index contributed by atoms with van der Waals surface area (Å²) in [6.07, 6.45) is 2.65. The molecule has 0 radical (unpaired) electrons. The summed E-state index contributed by atoms with van der Waals surface area (Å²) in [5.41, 5.74) is 1.82. The molecule has 7 nitrogen and oxygen atoms in total. The molecule has 0 spiro atoms. The van der Waals surface area contributed by atoms with Crippen molar-refractivity contribution in [3.63, 3.8) is 0 Å². The van der Waals surface area contributed by atoms with Crippen molar-refractivity contribution in [1.82, 2.24) is 10.6 Å². The summed E-state index contributed by atoms with van der Waals surface area (Å²) >= 11 is 5.82. The number of aliphatic carboxylic acids is 1. The zero-order valence-electron chi connectivity index (χ0n) is 17.9. The van der Waals surface area contributed by atoms with Crippen LogP contribution >= 0.6 is 11.6 Å². The van der Waals surface area contributed by atoms with Gasteiger partial charge in [-0.25, -0.2) is 0 Å². The number of benzene rings is 2. The van der Waals surface area contributed by atoms with E-state index < -0.39 is 5.97 Å². The first-order valence-electron chi connectivity index (χ1n) is 10.7. The van der Waals surface area contributed by atoms with Crippen LogP contribution in [0, 0.1) is 12.8 Å². The minimum Gasteiger partial charge on any atom is -0.490 e. The lowest BCUT2D eigenvalue weighted by Crippen LogP contribution is -2.34. The van der Waals surface area contributed by atoms with Crippen LogP contribution in [0.3, 0.4) is 0 Å². The normalized spacial score (nSPS) is 17.9. The number of carboxylic acids is 1. The van der Waals surface area contributed by atoms with Crippen LogP contribution in [0.1, 0.15) is 52.0 Å². The molecule has 2 amide bonds. The van der Waals surface area contributed by atoms with E-state index in [2.05, 4.69) is 10.6 Å². The first-order chi connectivity index (χ1) is 15.3. The fourth-order valence-electron chi connectivity index (χ4n) is 3.73. The van der Waals surface area contributed by atoms with E-state index in [1.54, 1.807) is 36.4 Å². The zero-order valence-corrected chi connectivity index (χ0v) is 18.7. The van der Waals surface area contributed by atoms with Gasteiger partial charge in [-0.1, -0.05) is 11.6 Å². The van der Waals surface area contributed by atoms with Crippen LogP contribution < -0.4 is 15.4 Å². The van der Waals surface area contributed by atoms with Crippen molar-refractivity contribution in [2.45, 2.75) is 38.7 Å². The first-order valence-corrected chi connectivity index (χ1v) is 11.0. The van der Waals surface area contributed by atoms with E-state index >= 15 is 0 Å². The average Bonchev–Trinajstić information content (AvgIpc) is 2.77. The van der Waals surface area contributed by atoms with Gasteiger partial charge in [0, 0.05) is 29.2 Å². The molecule has 1 aliphatic carbocycles. The largest absolute Gasteiger partial charge is 0.490 e. The van der Waals surface area contributed by atoms with Gasteiger partial charge in [0.15, 0.2) is 0 Å². The SMILES string of the molecule is Cc1cc(O[C@H]2CC[C@@H](C(=O)O)CC2)ccc1C(=O)NCCNC(=O)c1ccc(Cl)cc1. The fraction of sp³-hybridized carbons (Fsp3) is 0.375. The van der Waals surface area contributed by atoms with Gasteiger partial charge < -0.3 is 20.5 Å². The third kappa shape index (κ3) is 6.47. The summed E-state index contributed by atoms with van der Waals surface area (Å²) in [4.78, 5) is 35.6. The first kappa shape index (κ1) is 23.6. The Balaban J connectivity index is 1.44. The van der Waals surface area contributed by atoms with E-state index in [0.29, 0.717) is 60.7 Å². The molecule has 0 saturated heterocycles. The summed E-state index contributed by atoms with van der Waals surface area (Å²) < 4.78 is 5.99. The van der Waals surface area contributed by atoms with E-state index in [1.165, 1.54) is 0 Å². The Hall–Kier alpha value is -3.06. The van der Waals surface area contributed by atoms with E-state index in [-0.39, 0.29) is 23.8 Å². The van der Waals surface area contributed by atoms with Gasteiger partial charge in [0.25, 0.3) is 11.8 Å². The predicted molar refractivity (Wildman–Crippen MR) is 121 cm³/mol. The molecule has 3 rings (SSSR count). The summed E-state index contributed by atoms with van der Waals surface area (Å²) in [6.45, 7) is 2.43. The third-order valence-electron chi connectivity index (χ3n) is 5.57. The second-order valence-electron chi connectivity index (χ2n) is 7.93. The highest BCUT2D eigenvalue weighted by Crippen LogP contribution is 2.28. The van der Waals surface area contributed by atoms with Crippen LogP contribution in [-0.2, 0) is 4.79 Å². The van der Waals surface area contributed by atoms with Crippen molar-refractivity contribution >= 4 is 29.4 Å². The smallest absolute Gasteiger partial charge is 0.306 e. The number of ether oxygens (including phenoxy) is 1. The van der Waals surface area contributed by atoms with Crippen molar-refractivity contribution in [2.24, 2.45) is 5.92 Å². The molecule has 0 aromatic heterocycles. The molecule has 0 heterocycles. The number of rotatable bonds is 8. The summed E-state index contributed by atoms with van der Waals surface area (Å²) in [5, 5.41) is 15.2. The lowest BCUT2D eigenvalue weighted by atomic mass is 9.87. The Labute approximate surface area is 192 Å². The van der Waals surface area contributed by atoms with Crippen LogP contribution in [0.25, 0.3) is 0 Å². The number of hydrogen-bond donors (Lipinski definition) is 3. The Bertz CT molecular complexity index is 969. The molecule has 2 aromatic carbocycles. The van der Waals surface area contributed by atoms with E-state index in [1.807, 2.05) is 13.0 Å². The highest BCUT2D eigenvalue weighted by molar-refractivity contribution is 6.30. The van der Waals surface area contributed by atoms with E-state index in [9.17, 15) is 14.4 Å². The predicted octanol–water partition coefficient (Wildman–Crippen LogP) is 3.83. The Kier molecular flexibility index (Phi) is 8.11. The highest BCUT2D eigenvalue weighted by Gasteiger charge is 2.27. The van der Waals surface area contributed by atoms with Crippen LogP contribution in [0.15, 0.2) is 42.5 Å². The quantitative estimate of drug-likeness (QED) is 0.521. The molecule has 0 bridgehead atoms. The number of halogens is 1. The number of carbonyl (C=O) groups is 3. The molecule has 3 N–H and O–H groups in total. The Morgan fingerprint density at radius 3 is 2.19 bits per heavy atom. The maximum Gasteiger partial charge on any atom is 0.306 e. The van der Waals surface area contributed by atoms with Crippen molar-refractivity contribution in [2.75, 3.05) is 13.1 Å². The molecule has 170 valence electrons. The van der Waals surface area contributed by atoms with Gasteiger partial charge >= 0.3 is 5.97 Å². The number of carbonyl (C=O) groups excluding carboxylic acids is 2. The molecule has 1 aliphatic rings. The minimum atomic E-state index is -0.737. The standard InChI is InChI=1S/C24H27ClN2O5/c1-15-14-20(32-19-8-4-17(5-9-19)24(30)31)10-11-21(15)23(29)27-13-12-26-22(28)16-2-6-18(25)7-3-16/h2-3,6-7,10-11,14,17,19H,4-5,8-9,12-13H2,1H3,(H,26,28)(H,27,29)(H,30,31)/t17-,19+. The second-order valence-corrected chi connectivity index (χ2v) is 8.36. The molecule has 1 fully saturated rings. The molecular formula is C24H27ClN2O5. The number of carboxylic acid groups (broad SMARTS) is 1. The number of aryl methyl sites for hydroxylation is 1. The lowest BCUT2D eigenvalue weighted by Gasteiger charge is -2.27. The average molecular weight is 459 g/mol. The van der Waals surface area contributed by atoms with E-state index in [4.69, 9.17) is 21.4 Å². The Morgan fingerprint density at radius 1 is 0.969 bits per heavy atom. The zero-order chi connectivity index (χ0) is 23.1. The van der Waals surface area contributed by atoms with Crippen molar-refractivity contribution < 1.29 is 24.2 Å². The fourth-order valence-corrected chi connectivity index (χ4v) is 3.86. The van der Waals surface area contributed by atoms with Gasteiger partial charge in [0.1, 0.15) is 5.75 Å². The minimum absolute atomic E-state index is 0.00562. The number of nitrogens with one attached hydrogen (secondary N) is 2. The highest BCUT2D eigenvalue weighted by atomic mass is 35.5. The topological polar surface area (TPSA) is 105 Å². The monoisotopic (exact) mass is 458 g/mol.